The predicted octanol–water partition coefficient (Wildman–Crippen LogP) is 3.82. The number of anilines is 2. The fraction of sp³-hybridized carbons (Fsp3) is 0.304. The number of aromatic nitrogens is 2. The molecule has 1 aliphatic heterocycles. The molecule has 1 atom stereocenters. The van der Waals surface area contributed by atoms with E-state index in [4.69, 9.17) is 42.7 Å². The zero-order valence-corrected chi connectivity index (χ0v) is 20.6. The highest BCUT2D eigenvalue weighted by molar-refractivity contribution is 6.42. The molecule has 0 aliphatic carbocycles. The zero-order chi connectivity index (χ0) is 24.8. The van der Waals surface area contributed by atoms with Gasteiger partial charge in [-0.15, -0.1) is 4.99 Å². The molecule has 0 amide bonds. The molecule has 0 saturated carbocycles. The summed E-state index contributed by atoms with van der Waals surface area (Å²) in [5.74, 6) is 2.14. The van der Waals surface area contributed by atoms with Crippen molar-refractivity contribution in [2.24, 2.45) is 4.99 Å². The van der Waals surface area contributed by atoms with Crippen LogP contribution in [0.25, 0.3) is 10.9 Å². The molecule has 1 aliphatic rings. The average Bonchev–Trinajstić information content (AvgIpc) is 2.88. The molecule has 0 radical (unpaired) electrons. The van der Waals surface area contributed by atoms with E-state index in [2.05, 4.69) is 25.6 Å². The summed E-state index contributed by atoms with van der Waals surface area (Å²) in [4.78, 5) is 14.5. The maximum absolute atomic E-state index is 8.89. The maximum Gasteiger partial charge on any atom is 0.209 e. The van der Waals surface area contributed by atoms with Crippen LogP contribution in [-0.4, -0.2) is 67.4 Å². The van der Waals surface area contributed by atoms with Crippen molar-refractivity contribution in [2.45, 2.75) is 6.10 Å². The number of hydrogen-bond acceptors (Lipinski definition) is 8. The van der Waals surface area contributed by atoms with E-state index in [-0.39, 0.29) is 12.7 Å². The topological polar surface area (TPSA) is 117 Å². The van der Waals surface area contributed by atoms with E-state index in [1.807, 2.05) is 23.2 Å². The van der Waals surface area contributed by atoms with Crippen LogP contribution in [0, 0.1) is 11.5 Å². The van der Waals surface area contributed by atoms with Crippen LogP contribution < -0.4 is 20.1 Å². The molecule has 35 heavy (non-hydrogen) atoms. The Labute approximate surface area is 212 Å². The number of hydrogen-bond donors (Lipinski definition) is 2. The number of halogens is 2. The predicted molar refractivity (Wildman–Crippen MR) is 135 cm³/mol. The molecule has 2 heterocycles. The Morgan fingerprint density at radius 2 is 2.11 bits per heavy atom. The quantitative estimate of drug-likeness (QED) is 0.287. The van der Waals surface area contributed by atoms with Gasteiger partial charge in [0.15, 0.2) is 11.5 Å². The minimum absolute atomic E-state index is 0.223. The van der Waals surface area contributed by atoms with Gasteiger partial charge in [0.25, 0.3) is 0 Å². The summed E-state index contributed by atoms with van der Waals surface area (Å²) >= 11 is 12.2. The molecule has 2 aromatic carbocycles. The molecule has 2 N–H and O–H groups in total. The van der Waals surface area contributed by atoms with Crippen molar-refractivity contribution >= 4 is 51.6 Å². The van der Waals surface area contributed by atoms with E-state index in [0.29, 0.717) is 58.5 Å². The van der Waals surface area contributed by atoms with Crippen LogP contribution in [0.4, 0.5) is 11.5 Å². The van der Waals surface area contributed by atoms with Crippen molar-refractivity contribution < 1.29 is 14.2 Å². The fourth-order valence-electron chi connectivity index (χ4n) is 3.67. The fourth-order valence-corrected chi connectivity index (χ4v) is 3.97. The first-order valence-electron chi connectivity index (χ1n) is 10.7. The third-order valence-electron chi connectivity index (χ3n) is 5.35. The lowest BCUT2D eigenvalue weighted by atomic mass is 10.2. The summed E-state index contributed by atoms with van der Waals surface area (Å²) in [5.41, 5.74) is 1.40. The van der Waals surface area contributed by atoms with E-state index in [9.17, 15) is 0 Å². The number of nitrogens with one attached hydrogen (secondary N) is 2. The van der Waals surface area contributed by atoms with Crippen LogP contribution in [0.2, 0.25) is 10.0 Å². The SMILES string of the molecule is CN/C(=N\C#N)N1CCOC(COc2cc3ncnc(Nc4ccc(Cl)c(Cl)c4)c3cc2OC)C1. The van der Waals surface area contributed by atoms with Crippen LogP contribution >= 0.6 is 23.2 Å². The molecule has 1 aromatic heterocycles. The lowest BCUT2D eigenvalue weighted by Gasteiger charge is -2.34. The van der Waals surface area contributed by atoms with Gasteiger partial charge in [0.05, 0.1) is 35.8 Å². The third-order valence-corrected chi connectivity index (χ3v) is 6.08. The van der Waals surface area contributed by atoms with Gasteiger partial charge in [-0.2, -0.15) is 5.26 Å². The highest BCUT2D eigenvalue weighted by Crippen LogP contribution is 2.35. The number of methoxy groups -OCH3 is 1. The van der Waals surface area contributed by atoms with Gasteiger partial charge >= 0.3 is 0 Å². The number of guanidine groups is 1. The molecule has 12 heteroatoms. The smallest absolute Gasteiger partial charge is 0.209 e. The van der Waals surface area contributed by atoms with Crippen molar-refractivity contribution in [1.82, 2.24) is 20.2 Å². The van der Waals surface area contributed by atoms with Gasteiger partial charge in [0, 0.05) is 30.7 Å². The van der Waals surface area contributed by atoms with E-state index < -0.39 is 0 Å². The van der Waals surface area contributed by atoms with E-state index in [1.165, 1.54) is 6.33 Å². The summed E-state index contributed by atoms with van der Waals surface area (Å²) in [6.07, 6.45) is 3.05. The van der Waals surface area contributed by atoms with Crippen LogP contribution in [0.1, 0.15) is 0 Å². The second kappa shape index (κ2) is 11.3. The van der Waals surface area contributed by atoms with E-state index in [0.717, 1.165) is 11.1 Å². The molecule has 0 bridgehead atoms. The molecule has 1 unspecified atom stereocenters. The molecule has 1 fully saturated rings. The average molecular weight is 516 g/mol. The van der Waals surface area contributed by atoms with Gasteiger partial charge < -0.3 is 29.7 Å². The summed E-state index contributed by atoms with van der Waals surface area (Å²) < 4.78 is 17.5. The van der Waals surface area contributed by atoms with Gasteiger partial charge in [0.2, 0.25) is 12.2 Å². The van der Waals surface area contributed by atoms with Crippen molar-refractivity contribution in [2.75, 3.05) is 45.8 Å². The molecule has 182 valence electrons. The Hall–Kier alpha value is -3.52. The zero-order valence-electron chi connectivity index (χ0n) is 19.1. The lowest BCUT2D eigenvalue weighted by molar-refractivity contribution is -0.0296. The van der Waals surface area contributed by atoms with E-state index in [1.54, 1.807) is 32.4 Å². The maximum atomic E-state index is 8.89. The Balaban J connectivity index is 1.52. The number of aliphatic imine (C=N–C) groups is 1. The van der Waals surface area contributed by atoms with Crippen LogP contribution in [0.5, 0.6) is 11.5 Å². The first-order chi connectivity index (χ1) is 17.0. The summed E-state index contributed by atoms with van der Waals surface area (Å²) in [7, 11) is 3.30. The number of nitriles is 1. The number of benzene rings is 2. The number of nitrogens with zero attached hydrogens (tertiary/aromatic N) is 5. The highest BCUT2D eigenvalue weighted by Gasteiger charge is 2.24. The molecular weight excluding hydrogens is 493 g/mol. The minimum Gasteiger partial charge on any atom is -0.493 e. The van der Waals surface area contributed by atoms with Crippen LogP contribution in [0.3, 0.4) is 0 Å². The van der Waals surface area contributed by atoms with Crippen LogP contribution in [0.15, 0.2) is 41.7 Å². The third kappa shape index (κ3) is 5.77. The van der Waals surface area contributed by atoms with E-state index >= 15 is 0 Å². The van der Waals surface area contributed by atoms with Gasteiger partial charge in [-0.1, -0.05) is 23.2 Å². The van der Waals surface area contributed by atoms with Crippen molar-refractivity contribution in [3.63, 3.8) is 0 Å². The van der Waals surface area contributed by atoms with Gasteiger partial charge in [-0.05, 0) is 24.3 Å². The number of morpholine rings is 1. The van der Waals surface area contributed by atoms with Crippen molar-refractivity contribution in [1.29, 1.82) is 5.26 Å². The second-order valence-electron chi connectivity index (χ2n) is 7.53. The normalized spacial score (nSPS) is 16.0. The summed E-state index contributed by atoms with van der Waals surface area (Å²) in [6, 6.07) is 8.86. The number of ether oxygens (including phenoxy) is 3. The monoisotopic (exact) mass is 515 g/mol. The number of rotatable bonds is 6. The molecule has 1 saturated heterocycles. The van der Waals surface area contributed by atoms with Crippen molar-refractivity contribution in [3.8, 4) is 17.7 Å². The largest absolute Gasteiger partial charge is 0.493 e. The highest BCUT2D eigenvalue weighted by atomic mass is 35.5. The summed E-state index contributed by atoms with van der Waals surface area (Å²) in [5, 5.41) is 16.7. The van der Waals surface area contributed by atoms with Gasteiger partial charge in [-0.3, -0.25) is 0 Å². The molecule has 0 spiro atoms. The van der Waals surface area contributed by atoms with Crippen molar-refractivity contribution in [3.05, 3.63) is 46.7 Å². The second-order valence-corrected chi connectivity index (χ2v) is 8.35. The first-order valence-corrected chi connectivity index (χ1v) is 11.5. The molecular formula is C23H23Cl2N7O3. The first kappa shape index (κ1) is 24.6. The standard InChI is InChI=1S/C23H23Cl2N7O3/c1-27-23(28-12-26)32-5-6-34-15(10-32)11-35-21-9-19-16(8-20(21)33-2)22(30-13-29-19)31-14-3-4-17(24)18(25)7-14/h3-4,7-9,13,15H,5-6,10-11H2,1-2H3,(H,27,28)(H,29,30,31). The Kier molecular flexibility index (Phi) is 7.92. The lowest BCUT2D eigenvalue weighted by Crippen LogP contribution is -2.51. The van der Waals surface area contributed by atoms with Gasteiger partial charge in [-0.25, -0.2) is 9.97 Å². The molecule has 10 nitrogen and oxygen atoms in total. The Bertz CT molecular complexity index is 1280. The summed E-state index contributed by atoms with van der Waals surface area (Å²) in [6.45, 7) is 1.92. The van der Waals surface area contributed by atoms with Crippen LogP contribution in [-0.2, 0) is 4.74 Å². The Morgan fingerprint density at radius 3 is 2.86 bits per heavy atom. The molecule has 3 aromatic rings. The van der Waals surface area contributed by atoms with Gasteiger partial charge in [0.1, 0.15) is 24.9 Å². The molecule has 4 rings (SSSR count). The minimum atomic E-state index is -0.223. The number of fused-ring (bicyclic) bond motifs is 1. The Morgan fingerprint density at radius 1 is 1.26 bits per heavy atom.